The van der Waals surface area contributed by atoms with E-state index in [0.717, 1.165) is 23.0 Å². The summed E-state index contributed by atoms with van der Waals surface area (Å²) in [4.78, 5) is 36.0. The number of carbonyl (C=O) groups excluding carboxylic acids is 1. The van der Waals surface area contributed by atoms with Gasteiger partial charge in [0.15, 0.2) is 18.2 Å². The van der Waals surface area contributed by atoms with Crippen LogP contribution in [-0.4, -0.2) is 59.4 Å². The third-order valence-electron chi connectivity index (χ3n) is 6.22. The molecule has 212 valence electrons. The number of likely N-dealkylation sites (N-methyl/N-ethyl adjacent to an activating group) is 1. The third-order valence-corrected chi connectivity index (χ3v) is 6.49. The van der Waals surface area contributed by atoms with Gasteiger partial charge >= 0.3 is 0 Å². The highest BCUT2D eigenvalue weighted by atomic mass is 35.5. The third kappa shape index (κ3) is 7.19. The zero-order valence-corrected chi connectivity index (χ0v) is 24.5. The van der Waals surface area contributed by atoms with E-state index < -0.39 is 0 Å². The van der Waals surface area contributed by atoms with Crippen LogP contribution >= 0.6 is 11.6 Å². The number of morpholine rings is 1. The number of ether oxygens (including phenoxy) is 2. The second-order valence-corrected chi connectivity index (χ2v) is 9.79. The van der Waals surface area contributed by atoms with Gasteiger partial charge in [-0.1, -0.05) is 32.4 Å². The molecule has 2 atom stereocenters. The summed E-state index contributed by atoms with van der Waals surface area (Å²) in [5.41, 5.74) is 1.19. The Morgan fingerprint density at radius 1 is 1.26 bits per heavy atom. The second kappa shape index (κ2) is 13.6. The van der Waals surface area contributed by atoms with E-state index >= 15 is 0 Å². The molecular formula is C28H39ClN6O4. The van der Waals surface area contributed by atoms with Gasteiger partial charge in [-0.3, -0.25) is 9.59 Å². The fraction of sp³-hybridized carbons (Fsp3) is 0.500. The van der Waals surface area contributed by atoms with Crippen LogP contribution in [0.15, 0.2) is 35.3 Å². The highest BCUT2D eigenvalue weighted by Gasteiger charge is 2.26. The van der Waals surface area contributed by atoms with Gasteiger partial charge in [0.25, 0.3) is 11.5 Å². The Bertz CT molecular complexity index is 1350. The van der Waals surface area contributed by atoms with Crippen LogP contribution in [0.2, 0.25) is 5.02 Å². The zero-order valence-electron chi connectivity index (χ0n) is 23.7. The van der Waals surface area contributed by atoms with Crippen molar-refractivity contribution in [3.63, 3.8) is 0 Å². The average Bonchev–Trinajstić information content (AvgIpc) is 2.93. The monoisotopic (exact) mass is 558 g/mol. The molecule has 10 nitrogen and oxygen atoms in total. The van der Waals surface area contributed by atoms with Crippen LogP contribution in [-0.2, 0) is 9.53 Å². The maximum atomic E-state index is 13.0. The summed E-state index contributed by atoms with van der Waals surface area (Å²) in [6, 6.07) is 7.17. The van der Waals surface area contributed by atoms with E-state index in [1.165, 1.54) is 7.05 Å². The van der Waals surface area contributed by atoms with Gasteiger partial charge in [-0.25, -0.2) is 4.98 Å². The molecule has 1 amide bonds. The minimum Gasteiger partial charge on any atom is -0.478 e. The Morgan fingerprint density at radius 3 is 2.67 bits per heavy atom. The van der Waals surface area contributed by atoms with Crippen LogP contribution in [0.4, 0.5) is 17.5 Å². The van der Waals surface area contributed by atoms with Crippen LogP contribution in [0.1, 0.15) is 54.0 Å². The Kier molecular flexibility index (Phi) is 10.5. The lowest BCUT2D eigenvalue weighted by Crippen LogP contribution is -2.47. The number of amides is 1. The standard InChI is InChI=1S/C26H33ClN6O4.C2H6/c1-6-19-13-32(12-16(4)37-19)26-29-11-20(27)24(31-26)30-18-7-8-21-17(9-18)10-22(36-14-23(34)28-5)25(35)33(21)15(2)3;1-2/h7-11,15-16,19H,6,12-14H2,1-5H3,(H,28,34)(H,29,30,31);1-2H3. The molecule has 3 aromatic rings. The minimum atomic E-state index is -0.319. The molecule has 0 bridgehead atoms. The minimum absolute atomic E-state index is 0.0771. The SMILES string of the molecule is CC.CCC1CN(c2ncc(Cl)c(Nc3ccc4c(c3)cc(OCC(=O)NC)c(=O)n4C(C)C)n2)CC(C)O1. The molecule has 0 spiro atoms. The number of aromatic nitrogens is 3. The number of rotatable bonds is 8. The first-order valence-electron chi connectivity index (χ1n) is 13.4. The molecule has 39 heavy (non-hydrogen) atoms. The Morgan fingerprint density at radius 2 is 2.00 bits per heavy atom. The van der Waals surface area contributed by atoms with Gasteiger partial charge in [0.1, 0.15) is 5.02 Å². The average molecular weight is 559 g/mol. The highest BCUT2D eigenvalue weighted by Crippen LogP contribution is 2.29. The number of halogens is 1. The van der Waals surface area contributed by atoms with E-state index in [4.69, 9.17) is 26.1 Å². The van der Waals surface area contributed by atoms with Crippen molar-refractivity contribution in [3.8, 4) is 5.75 Å². The van der Waals surface area contributed by atoms with E-state index in [1.54, 1.807) is 16.8 Å². The van der Waals surface area contributed by atoms with Crippen LogP contribution in [0.3, 0.4) is 0 Å². The molecule has 3 heterocycles. The molecule has 1 fully saturated rings. The molecule has 0 aliphatic carbocycles. The molecular weight excluding hydrogens is 520 g/mol. The summed E-state index contributed by atoms with van der Waals surface area (Å²) in [5, 5.41) is 6.93. The second-order valence-electron chi connectivity index (χ2n) is 9.39. The van der Waals surface area contributed by atoms with Crippen molar-refractivity contribution < 1.29 is 14.3 Å². The molecule has 2 unspecified atom stereocenters. The Balaban J connectivity index is 0.00000205. The molecule has 0 saturated carbocycles. The van der Waals surface area contributed by atoms with E-state index in [0.29, 0.717) is 29.9 Å². The van der Waals surface area contributed by atoms with E-state index in [-0.39, 0.29) is 42.1 Å². The number of hydrogen-bond acceptors (Lipinski definition) is 8. The van der Waals surface area contributed by atoms with Gasteiger partial charge in [0, 0.05) is 37.3 Å². The van der Waals surface area contributed by atoms with Crippen molar-refractivity contribution in [1.82, 2.24) is 19.9 Å². The fourth-order valence-electron chi connectivity index (χ4n) is 4.40. The van der Waals surface area contributed by atoms with E-state index in [1.807, 2.05) is 52.8 Å². The summed E-state index contributed by atoms with van der Waals surface area (Å²) in [7, 11) is 1.52. The molecule has 2 aromatic heterocycles. The molecule has 1 aromatic carbocycles. The lowest BCUT2D eigenvalue weighted by Gasteiger charge is -2.36. The van der Waals surface area contributed by atoms with E-state index in [2.05, 4.69) is 27.4 Å². The van der Waals surface area contributed by atoms with Crippen LogP contribution in [0.5, 0.6) is 5.75 Å². The van der Waals surface area contributed by atoms with Crippen molar-refractivity contribution >= 4 is 45.9 Å². The smallest absolute Gasteiger partial charge is 0.293 e. The first-order valence-corrected chi connectivity index (χ1v) is 13.8. The summed E-state index contributed by atoms with van der Waals surface area (Å²) < 4.78 is 13.2. The van der Waals surface area contributed by atoms with Crippen LogP contribution in [0, 0.1) is 0 Å². The normalized spacial score (nSPS) is 17.0. The number of fused-ring (bicyclic) bond motifs is 1. The number of benzene rings is 1. The number of hydrogen-bond donors (Lipinski definition) is 2. The number of anilines is 3. The molecule has 11 heteroatoms. The highest BCUT2D eigenvalue weighted by molar-refractivity contribution is 6.32. The lowest BCUT2D eigenvalue weighted by atomic mass is 10.1. The van der Waals surface area contributed by atoms with Gasteiger partial charge in [0.05, 0.1) is 23.9 Å². The number of nitrogens with one attached hydrogen (secondary N) is 2. The van der Waals surface area contributed by atoms with Crippen molar-refractivity contribution in [3.05, 3.63) is 45.8 Å². The molecule has 2 N–H and O–H groups in total. The van der Waals surface area contributed by atoms with Gasteiger partial charge in [-0.05, 0) is 51.5 Å². The lowest BCUT2D eigenvalue weighted by molar-refractivity contribution is -0.122. The maximum absolute atomic E-state index is 13.0. The van der Waals surface area contributed by atoms with Gasteiger partial charge < -0.3 is 29.6 Å². The van der Waals surface area contributed by atoms with Crippen LogP contribution < -0.4 is 25.8 Å². The quantitative estimate of drug-likeness (QED) is 0.400. The molecule has 1 aliphatic rings. The first kappa shape index (κ1) is 30.2. The van der Waals surface area contributed by atoms with Crippen LogP contribution in [0.25, 0.3) is 10.9 Å². The summed E-state index contributed by atoms with van der Waals surface area (Å²) in [6.07, 6.45) is 2.70. The van der Waals surface area contributed by atoms with Gasteiger partial charge in [-0.15, -0.1) is 0 Å². The summed E-state index contributed by atoms with van der Waals surface area (Å²) in [6.45, 7) is 13.2. The Labute approximate surface area is 234 Å². The summed E-state index contributed by atoms with van der Waals surface area (Å²) in [5.74, 6) is 0.850. The predicted molar refractivity (Wildman–Crippen MR) is 157 cm³/mol. The molecule has 1 saturated heterocycles. The molecule has 4 rings (SSSR count). The van der Waals surface area contributed by atoms with E-state index in [9.17, 15) is 9.59 Å². The van der Waals surface area contributed by atoms with Crippen molar-refractivity contribution in [2.24, 2.45) is 0 Å². The first-order chi connectivity index (χ1) is 18.7. The van der Waals surface area contributed by atoms with Gasteiger partial charge in [-0.2, -0.15) is 4.98 Å². The largest absolute Gasteiger partial charge is 0.478 e. The number of pyridine rings is 1. The summed E-state index contributed by atoms with van der Waals surface area (Å²) >= 11 is 6.45. The maximum Gasteiger partial charge on any atom is 0.293 e. The number of nitrogens with zero attached hydrogens (tertiary/aromatic N) is 4. The number of carbonyl (C=O) groups is 1. The predicted octanol–water partition coefficient (Wildman–Crippen LogP) is 4.92. The Hall–Kier alpha value is -3.37. The van der Waals surface area contributed by atoms with Crippen molar-refractivity contribution in [2.45, 2.75) is 66.2 Å². The fourth-order valence-corrected chi connectivity index (χ4v) is 4.54. The molecule has 0 radical (unpaired) electrons. The van der Waals surface area contributed by atoms with Crippen molar-refractivity contribution in [1.29, 1.82) is 0 Å². The van der Waals surface area contributed by atoms with Crippen molar-refractivity contribution in [2.75, 3.05) is 37.0 Å². The topological polar surface area (TPSA) is 111 Å². The molecule has 1 aliphatic heterocycles. The van der Waals surface area contributed by atoms with Gasteiger partial charge in [0.2, 0.25) is 5.95 Å². The zero-order chi connectivity index (χ0) is 28.7.